The summed E-state index contributed by atoms with van der Waals surface area (Å²) in [6.07, 6.45) is 2.48. The normalized spacial score (nSPS) is 10.5. The van der Waals surface area contributed by atoms with Gasteiger partial charge in [-0.25, -0.2) is 0 Å². The molecule has 1 N–H and O–H groups in total. The third-order valence-corrected chi connectivity index (χ3v) is 2.12. The Morgan fingerprint density at radius 3 is 2.85 bits per heavy atom. The van der Waals surface area contributed by atoms with Crippen LogP contribution in [0.25, 0.3) is 10.9 Å². The van der Waals surface area contributed by atoms with Crippen LogP contribution in [0.2, 0.25) is 0 Å². The van der Waals surface area contributed by atoms with Crippen LogP contribution in [0.4, 0.5) is 0 Å². The molecule has 0 bridgehead atoms. The third kappa shape index (κ3) is 1.53. The quantitative estimate of drug-likeness (QED) is 0.750. The van der Waals surface area contributed by atoms with Crippen molar-refractivity contribution in [1.29, 1.82) is 0 Å². The fraction of sp³-hybridized carbons (Fsp3) is 0.182. The fourth-order valence-electron chi connectivity index (χ4n) is 1.49. The lowest BCUT2D eigenvalue weighted by Crippen LogP contribution is -1.92. The first-order valence-corrected chi connectivity index (χ1v) is 4.35. The molecule has 66 valence electrons. The molecule has 0 spiro atoms. The van der Waals surface area contributed by atoms with Crippen molar-refractivity contribution in [2.24, 2.45) is 0 Å². The van der Waals surface area contributed by atoms with Crippen LogP contribution in [0.3, 0.4) is 0 Å². The smallest absolute Gasteiger partial charge is 0.0704 e. The number of benzene rings is 1. The Morgan fingerprint density at radius 2 is 2.00 bits per heavy atom. The van der Waals surface area contributed by atoms with Crippen molar-refractivity contribution in [2.45, 2.75) is 6.42 Å². The van der Waals surface area contributed by atoms with Gasteiger partial charge in [-0.1, -0.05) is 18.2 Å². The zero-order chi connectivity index (χ0) is 9.10. The number of fused-ring (bicyclic) bond motifs is 1. The Hall–Kier alpha value is -1.41. The largest absolute Gasteiger partial charge is 0.396 e. The second-order valence-corrected chi connectivity index (χ2v) is 2.96. The standard InChI is InChI=1S/C11H11NO/c13-8-6-9-5-7-12-11-4-2-1-3-10(9)11/h1-5,7,13H,6,8H2. The summed E-state index contributed by atoms with van der Waals surface area (Å²) in [5.41, 5.74) is 2.15. The molecule has 1 heterocycles. The fourth-order valence-corrected chi connectivity index (χ4v) is 1.49. The van der Waals surface area contributed by atoms with Crippen LogP contribution in [0, 0.1) is 0 Å². The molecular weight excluding hydrogens is 162 g/mol. The highest BCUT2D eigenvalue weighted by Gasteiger charge is 1.98. The third-order valence-electron chi connectivity index (χ3n) is 2.12. The maximum Gasteiger partial charge on any atom is 0.0704 e. The van der Waals surface area contributed by atoms with Crippen molar-refractivity contribution in [3.05, 3.63) is 42.1 Å². The van der Waals surface area contributed by atoms with Crippen LogP contribution in [0.1, 0.15) is 5.56 Å². The molecule has 0 radical (unpaired) electrons. The van der Waals surface area contributed by atoms with Crippen molar-refractivity contribution >= 4 is 10.9 Å². The Kier molecular flexibility index (Phi) is 2.23. The van der Waals surface area contributed by atoms with Gasteiger partial charge in [0.25, 0.3) is 0 Å². The summed E-state index contributed by atoms with van der Waals surface area (Å²) in [7, 11) is 0. The molecule has 0 unspecified atom stereocenters. The van der Waals surface area contributed by atoms with E-state index >= 15 is 0 Å². The SMILES string of the molecule is OCCc1ccnc2ccccc12. The minimum atomic E-state index is 0.188. The van der Waals surface area contributed by atoms with Gasteiger partial charge in [0.1, 0.15) is 0 Å². The van der Waals surface area contributed by atoms with Gasteiger partial charge in [-0.15, -0.1) is 0 Å². The van der Waals surface area contributed by atoms with E-state index in [4.69, 9.17) is 5.11 Å². The van der Waals surface area contributed by atoms with E-state index in [2.05, 4.69) is 4.98 Å². The second-order valence-electron chi connectivity index (χ2n) is 2.96. The summed E-state index contributed by atoms with van der Waals surface area (Å²) in [4.78, 5) is 4.24. The monoisotopic (exact) mass is 173 g/mol. The first-order chi connectivity index (χ1) is 6.42. The first-order valence-electron chi connectivity index (χ1n) is 4.35. The van der Waals surface area contributed by atoms with Gasteiger partial charge in [0.15, 0.2) is 0 Å². The van der Waals surface area contributed by atoms with Gasteiger partial charge in [0.2, 0.25) is 0 Å². The molecule has 2 nitrogen and oxygen atoms in total. The number of hydrogen-bond donors (Lipinski definition) is 1. The van der Waals surface area contributed by atoms with Crippen LogP contribution < -0.4 is 0 Å². The highest BCUT2D eigenvalue weighted by atomic mass is 16.2. The van der Waals surface area contributed by atoms with Crippen molar-refractivity contribution < 1.29 is 5.11 Å². The summed E-state index contributed by atoms with van der Waals surface area (Å²) in [5, 5.41) is 10.00. The minimum absolute atomic E-state index is 0.188. The number of aliphatic hydroxyl groups is 1. The average molecular weight is 173 g/mol. The lowest BCUT2D eigenvalue weighted by atomic mass is 10.1. The summed E-state index contributed by atoms with van der Waals surface area (Å²) < 4.78 is 0. The van der Waals surface area contributed by atoms with Crippen LogP contribution >= 0.6 is 0 Å². The van der Waals surface area contributed by atoms with Crippen LogP contribution in [0.5, 0.6) is 0 Å². The summed E-state index contributed by atoms with van der Waals surface area (Å²) in [6, 6.07) is 9.94. The van der Waals surface area contributed by atoms with Crippen LogP contribution in [-0.2, 0) is 6.42 Å². The lowest BCUT2D eigenvalue weighted by molar-refractivity contribution is 0.300. The molecule has 0 saturated carbocycles. The van der Waals surface area contributed by atoms with Crippen LogP contribution in [-0.4, -0.2) is 16.7 Å². The predicted molar refractivity (Wildman–Crippen MR) is 52.5 cm³/mol. The molecule has 0 amide bonds. The molecule has 0 fully saturated rings. The highest BCUT2D eigenvalue weighted by molar-refractivity contribution is 5.81. The van der Waals surface area contributed by atoms with Crippen molar-refractivity contribution in [3.8, 4) is 0 Å². The number of nitrogens with zero attached hydrogens (tertiary/aromatic N) is 1. The number of aromatic nitrogens is 1. The van der Waals surface area contributed by atoms with Crippen molar-refractivity contribution in [1.82, 2.24) is 4.98 Å². The van der Waals surface area contributed by atoms with Gasteiger partial charge in [0, 0.05) is 18.2 Å². The Morgan fingerprint density at radius 1 is 1.15 bits per heavy atom. The summed E-state index contributed by atoms with van der Waals surface area (Å²) in [6.45, 7) is 0.188. The van der Waals surface area contributed by atoms with E-state index in [-0.39, 0.29) is 6.61 Å². The number of aliphatic hydroxyl groups excluding tert-OH is 1. The molecule has 0 atom stereocenters. The molecule has 1 aromatic carbocycles. The molecule has 0 aliphatic carbocycles. The summed E-state index contributed by atoms with van der Waals surface area (Å²) in [5.74, 6) is 0. The summed E-state index contributed by atoms with van der Waals surface area (Å²) >= 11 is 0. The maximum absolute atomic E-state index is 8.86. The van der Waals surface area contributed by atoms with Crippen LogP contribution in [0.15, 0.2) is 36.5 Å². The molecule has 2 aromatic rings. The zero-order valence-electron chi connectivity index (χ0n) is 7.27. The van der Waals surface area contributed by atoms with Crippen molar-refractivity contribution in [3.63, 3.8) is 0 Å². The van der Waals surface area contributed by atoms with Gasteiger partial charge in [-0.05, 0) is 24.1 Å². The Balaban J connectivity index is 2.61. The van der Waals surface area contributed by atoms with Crippen molar-refractivity contribution in [2.75, 3.05) is 6.61 Å². The lowest BCUT2D eigenvalue weighted by Gasteiger charge is -2.02. The van der Waals surface area contributed by atoms with E-state index in [9.17, 15) is 0 Å². The van der Waals surface area contributed by atoms with Gasteiger partial charge in [-0.3, -0.25) is 4.98 Å². The van der Waals surface area contributed by atoms with E-state index in [1.165, 1.54) is 0 Å². The van der Waals surface area contributed by atoms with E-state index < -0.39 is 0 Å². The van der Waals surface area contributed by atoms with Gasteiger partial charge >= 0.3 is 0 Å². The number of rotatable bonds is 2. The number of para-hydroxylation sites is 1. The molecule has 2 rings (SSSR count). The molecule has 13 heavy (non-hydrogen) atoms. The van der Waals surface area contributed by atoms with E-state index in [0.717, 1.165) is 16.5 Å². The number of pyridine rings is 1. The highest BCUT2D eigenvalue weighted by Crippen LogP contribution is 2.15. The van der Waals surface area contributed by atoms with E-state index in [0.29, 0.717) is 6.42 Å². The van der Waals surface area contributed by atoms with E-state index in [1.807, 2.05) is 30.3 Å². The Bertz CT molecular complexity index is 406. The number of hydrogen-bond acceptors (Lipinski definition) is 2. The Labute approximate surface area is 76.9 Å². The van der Waals surface area contributed by atoms with E-state index in [1.54, 1.807) is 6.20 Å². The first kappa shape index (κ1) is 8.20. The molecule has 0 saturated heterocycles. The van der Waals surface area contributed by atoms with Gasteiger partial charge < -0.3 is 5.11 Å². The molecule has 1 aromatic heterocycles. The molecular formula is C11H11NO. The predicted octanol–water partition coefficient (Wildman–Crippen LogP) is 1.77. The maximum atomic E-state index is 8.86. The zero-order valence-corrected chi connectivity index (χ0v) is 7.27. The molecule has 0 aliphatic rings. The molecule has 0 aliphatic heterocycles. The molecule has 2 heteroatoms. The van der Waals surface area contributed by atoms with Gasteiger partial charge in [0.05, 0.1) is 5.52 Å². The van der Waals surface area contributed by atoms with Gasteiger partial charge in [-0.2, -0.15) is 0 Å². The second kappa shape index (κ2) is 3.54. The topological polar surface area (TPSA) is 33.1 Å². The average Bonchev–Trinajstić information content (AvgIpc) is 2.19. The minimum Gasteiger partial charge on any atom is -0.396 e.